The van der Waals surface area contributed by atoms with Gasteiger partial charge in [0.25, 0.3) is 5.91 Å². The smallest absolute Gasteiger partial charge is 0.326 e. The Bertz CT molecular complexity index is 739. The molecule has 0 bridgehead atoms. The maximum atomic E-state index is 12.3. The second-order valence-corrected chi connectivity index (χ2v) is 7.00. The van der Waals surface area contributed by atoms with Crippen molar-refractivity contribution in [2.24, 2.45) is 5.92 Å². The molecule has 0 aromatic heterocycles. The number of anilines is 1. The second kappa shape index (κ2) is 12.0. The van der Waals surface area contributed by atoms with Crippen molar-refractivity contribution >= 4 is 23.6 Å². The topological polar surface area (TPSA) is 107 Å². The van der Waals surface area contributed by atoms with E-state index in [1.807, 2.05) is 13.8 Å². The fourth-order valence-corrected chi connectivity index (χ4v) is 3.46. The molecule has 1 heterocycles. The van der Waals surface area contributed by atoms with Gasteiger partial charge in [0, 0.05) is 11.8 Å². The number of rotatable bonds is 9. The average Bonchev–Trinajstić information content (AvgIpc) is 2.70. The van der Waals surface area contributed by atoms with Crippen molar-refractivity contribution in [1.82, 2.24) is 5.32 Å². The van der Waals surface area contributed by atoms with Gasteiger partial charge in [-0.05, 0) is 45.7 Å². The molecule has 0 saturated carbocycles. The molecule has 1 aromatic rings. The number of carbonyl (C=O) groups excluding carboxylic acids is 3. The summed E-state index contributed by atoms with van der Waals surface area (Å²) in [5, 5.41) is 4.97. The number of likely N-dealkylation sites (tertiary alicyclic amines) is 1. The van der Waals surface area contributed by atoms with Crippen LogP contribution >= 0.6 is 0 Å². The molecule has 3 N–H and O–H groups in total. The van der Waals surface area contributed by atoms with Gasteiger partial charge in [-0.1, -0.05) is 0 Å². The Morgan fingerprint density at radius 3 is 2.50 bits per heavy atom. The minimum atomic E-state index is -0.620. The first kappa shape index (κ1) is 23.5. The average molecular weight is 423 g/mol. The summed E-state index contributed by atoms with van der Waals surface area (Å²) in [6, 6.07) is 4.42. The Hall–Kier alpha value is -2.81. The van der Waals surface area contributed by atoms with Gasteiger partial charge in [0.15, 0.2) is 18.0 Å². The summed E-state index contributed by atoms with van der Waals surface area (Å²) < 4.78 is 16.1. The molecule has 1 fully saturated rings. The Kier molecular flexibility index (Phi) is 9.40. The monoisotopic (exact) mass is 422 g/mol. The van der Waals surface area contributed by atoms with E-state index in [4.69, 9.17) is 14.2 Å². The van der Waals surface area contributed by atoms with Crippen LogP contribution in [0.5, 0.6) is 11.5 Å². The van der Waals surface area contributed by atoms with Crippen molar-refractivity contribution in [3.63, 3.8) is 0 Å². The highest BCUT2D eigenvalue weighted by molar-refractivity contribution is 6.01. The van der Waals surface area contributed by atoms with Crippen LogP contribution in [0.3, 0.4) is 0 Å². The second-order valence-electron chi connectivity index (χ2n) is 7.00. The number of esters is 1. The van der Waals surface area contributed by atoms with Crippen molar-refractivity contribution in [2.45, 2.75) is 33.6 Å². The van der Waals surface area contributed by atoms with E-state index < -0.39 is 11.9 Å². The highest BCUT2D eigenvalue weighted by atomic mass is 16.5. The first-order chi connectivity index (χ1) is 14.5. The van der Waals surface area contributed by atoms with Crippen molar-refractivity contribution in [2.75, 3.05) is 44.8 Å². The number of amides is 3. The van der Waals surface area contributed by atoms with Crippen LogP contribution in [0.15, 0.2) is 18.2 Å². The van der Waals surface area contributed by atoms with E-state index in [1.165, 1.54) is 0 Å². The van der Waals surface area contributed by atoms with Gasteiger partial charge in [-0.25, -0.2) is 4.79 Å². The van der Waals surface area contributed by atoms with Crippen LogP contribution in [0.1, 0.15) is 33.6 Å². The Labute approximate surface area is 177 Å². The lowest BCUT2D eigenvalue weighted by Gasteiger charge is -2.28. The van der Waals surface area contributed by atoms with E-state index in [0.717, 1.165) is 24.3 Å². The van der Waals surface area contributed by atoms with Gasteiger partial charge in [0.05, 0.1) is 32.9 Å². The first-order valence-corrected chi connectivity index (χ1v) is 10.5. The molecule has 1 unspecified atom stereocenters. The van der Waals surface area contributed by atoms with Crippen molar-refractivity contribution in [1.29, 1.82) is 0 Å². The Morgan fingerprint density at radius 1 is 1.07 bits per heavy atom. The third-order valence-electron chi connectivity index (χ3n) is 4.70. The molecule has 30 heavy (non-hydrogen) atoms. The normalized spacial score (nSPS) is 18.2. The van der Waals surface area contributed by atoms with Crippen LogP contribution in [0.25, 0.3) is 0 Å². The van der Waals surface area contributed by atoms with Gasteiger partial charge in [0.2, 0.25) is 0 Å². The fourth-order valence-electron chi connectivity index (χ4n) is 3.46. The van der Waals surface area contributed by atoms with Crippen LogP contribution < -0.4 is 25.0 Å². The molecule has 2 atom stereocenters. The van der Waals surface area contributed by atoms with Crippen molar-refractivity contribution < 1.29 is 33.5 Å². The van der Waals surface area contributed by atoms with E-state index in [9.17, 15) is 14.4 Å². The van der Waals surface area contributed by atoms with Gasteiger partial charge in [-0.15, -0.1) is 0 Å². The maximum absolute atomic E-state index is 12.3. The number of benzene rings is 1. The zero-order chi connectivity index (χ0) is 21.9. The quantitative estimate of drug-likeness (QED) is 0.513. The molecular weight excluding hydrogens is 390 g/mol. The molecule has 0 aliphatic carbocycles. The largest absolute Gasteiger partial charge is 0.490 e. The summed E-state index contributed by atoms with van der Waals surface area (Å²) >= 11 is 0. The molecule has 2 rings (SSSR count). The van der Waals surface area contributed by atoms with Crippen molar-refractivity contribution in [3.8, 4) is 11.5 Å². The zero-order valence-corrected chi connectivity index (χ0v) is 17.9. The summed E-state index contributed by atoms with van der Waals surface area (Å²) in [6.07, 6.45) is 1.61. The van der Waals surface area contributed by atoms with Crippen LogP contribution in [0.4, 0.5) is 10.5 Å². The number of ether oxygens (including phenoxy) is 3. The predicted octanol–water partition coefficient (Wildman–Crippen LogP) is 0.990. The van der Waals surface area contributed by atoms with Crippen LogP contribution in [-0.2, 0) is 14.3 Å². The number of hydrogen-bond acceptors (Lipinski definition) is 6. The number of imide groups is 1. The number of urea groups is 1. The van der Waals surface area contributed by atoms with Gasteiger partial charge < -0.3 is 24.4 Å². The lowest BCUT2D eigenvalue weighted by atomic mass is 9.98. The fraction of sp³-hybridized carbons (Fsp3) is 0.571. The molecule has 9 nitrogen and oxygen atoms in total. The summed E-state index contributed by atoms with van der Waals surface area (Å²) in [5.74, 6) is 0.296. The highest BCUT2D eigenvalue weighted by Gasteiger charge is 2.31. The van der Waals surface area contributed by atoms with Gasteiger partial charge in [-0.2, -0.15) is 0 Å². The molecule has 166 valence electrons. The van der Waals surface area contributed by atoms with E-state index >= 15 is 0 Å². The lowest BCUT2D eigenvalue weighted by Crippen LogP contribution is -3.14. The molecule has 1 aromatic carbocycles. The third kappa shape index (κ3) is 7.22. The molecule has 1 aliphatic heterocycles. The summed E-state index contributed by atoms with van der Waals surface area (Å²) in [6.45, 7) is 8.25. The number of nitrogens with one attached hydrogen (secondary N) is 3. The van der Waals surface area contributed by atoms with Crippen LogP contribution in [-0.4, -0.2) is 57.4 Å². The minimum absolute atomic E-state index is 0.122. The summed E-state index contributed by atoms with van der Waals surface area (Å²) in [7, 11) is 0. The highest BCUT2D eigenvalue weighted by Crippen LogP contribution is 2.30. The summed E-state index contributed by atoms with van der Waals surface area (Å²) in [4.78, 5) is 37.4. The van der Waals surface area contributed by atoms with Crippen LogP contribution in [0.2, 0.25) is 0 Å². The van der Waals surface area contributed by atoms with Crippen LogP contribution in [0, 0.1) is 5.92 Å². The molecule has 9 heteroatoms. The first-order valence-electron chi connectivity index (χ1n) is 10.5. The number of carbonyl (C=O) groups is 3. The molecule has 0 radical (unpaired) electrons. The van der Waals surface area contributed by atoms with Gasteiger partial charge in [0.1, 0.15) is 5.92 Å². The molecular formula is C21H32N3O6+. The Balaban J connectivity index is 1.86. The molecule has 1 aliphatic rings. The van der Waals surface area contributed by atoms with E-state index in [1.54, 1.807) is 25.1 Å². The van der Waals surface area contributed by atoms with E-state index in [2.05, 4.69) is 10.6 Å². The number of hydrogen-bond donors (Lipinski definition) is 3. The SMILES string of the molecule is CCOC(=O)[C@@H]1CCC[NH+](CC(=O)NC(=O)Nc2ccc(OCC)c(OCC)c2)C1. The number of piperidine rings is 1. The maximum Gasteiger partial charge on any atom is 0.326 e. The number of quaternary nitrogens is 1. The van der Waals surface area contributed by atoms with Gasteiger partial charge >= 0.3 is 12.0 Å². The molecule has 0 spiro atoms. The Morgan fingerprint density at radius 2 is 1.80 bits per heavy atom. The van der Waals surface area contributed by atoms with E-state index in [-0.39, 0.29) is 18.4 Å². The third-order valence-corrected chi connectivity index (χ3v) is 4.70. The lowest BCUT2D eigenvalue weighted by molar-refractivity contribution is -0.899. The predicted molar refractivity (Wildman–Crippen MR) is 111 cm³/mol. The summed E-state index contributed by atoms with van der Waals surface area (Å²) in [5.41, 5.74) is 0.486. The van der Waals surface area contributed by atoms with Gasteiger partial charge in [-0.3, -0.25) is 14.9 Å². The van der Waals surface area contributed by atoms with E-state index in [0.29, 0.717) is 43.6 Å². The molecule has 3 amide bonds. The molecule has 1 saturated heterocycles. The van der Waals surface area contributed by atoms with Crippen molar-refractivity contribution in [3.05, 3.63) is 18.2 Å². The standard InChI is InChI=1S/C21H31N3O6/c1-4-28-17-10-9-16(12-18(17)29-5-2)22-21(27)23-19(25)14-24-11-7-8-15(13-24)20(26)30-6-3/h9-10,12,15H,4-8,11,13-14H2,1-3H3,(H2,22,23,25,27)/p+1/t15-/m1/s1. The zero-order valence-electron chi connectivity index (χ0n) is 17.9. The minimum Gasteiger partial charge on any atom is -0.490 e.